The summed E-state index contributed by atoms with van der Waals surface area (Å²) in [5.74, 6) is -2.35. The van der Waals surface area contributed by atoms with Crippen LogP contribution in [0.1, 0.15) is 50.9 Å². The number of nitrogens with zero attached hydrogens (tertiary/aromatic N) is 3. The first kappa shape index (κ1) is 22.5. The van der Waals surface area contributed by atoms with E-state index >= 15 is 0 Å². The van der Waals surface area contributed by atoms with Gasteiger partial charge >= 0.3 is 18.0 Å². The van der Waals surface area contributed by atoms with Gasteiger partial charge in [0.05, 0.1) is 0 Å². The highest BCUT2D eigenvalue weighted by molar-refractivity contribution is 5.88. The Hall–Kier alpha value is -3.21. The third-order valence-corrected chi connectivity index (χ3v) is 5.99. The quantitative estimate of drug-likeness (QED) is 0.538. The van der Waals surface area contributed by atoms with Crippen LogP contribution in [0.15, 0.2) is 24.3 Å². The number of aryl methyl sites for hydroxylation is 1. The number of aliphatic carboxylic acids is 1. The maximum Gasteiger partial charge on any atom is 0.389 e. The fraction of sp³-hybridized carbons (Fsp3) is 0.522. The van der Waals surface area contributed by atoms with Crippen molar-refractivity contribution in [2.45, 2.75) is 58.6 Å². The molecule has 0 spiro atoms. The average molecular weight is 425 g/mol. The van der Waals surface area contributed by atoms with Crippen LogP contribution in [0.3, 0.4) is 0 Å². The Balaban J connectivity index is 1.90. The summed E-state index contributed by atoms with van der Waals surface area (Å²) in [6, 6.07) is 5.84. The van der Waals surface area contributed by atoms with E-state index in [1.165, 1.54) is 0 Å². The zero-order valence-corrected chi connectivity index (χ0v) is 18.2. The summed E-state index contributed by atoms with van der Waals surface area (Å²) in [5.41, 5.74) is 1.79. The lowest BCUT2D eigenvalue weighted by molar-refractivity contribution is -0.162. The number of carboxylic acid groups (broad SMARTS) is 1. The lowest BCUT2D eigenvalue weighted by Crippen LogP contribution is -2.41. The first-order valence-electron chi connectivity index (χ1n) is 10.5. The predicted molar refractivity (Wildman–Crippen MR) is 114 cm³/mol. The van der Waals surface area contributed by atoms with Crippen molar-refractivity contribution < 1.29 is 19.4 Å². The molecule has 1 saturated carbocycles. The first-order valence-corrected chi connectivity index (χ1v) is 10.5. The summed E-state index contributed by atoms with van der Waals surface area (Å²) in [6.07, 6.45) is 1.53. The fourth-order valence-electron chi connectivity index (χ4n) is 4.54. The Morgan fingerprint density at radius 2 is 1.81 bits per heavy atom. The maximum atomic E-state index is 13.2. The van der Waals surface area contributed by atoms with Gasteiger partial charge in [-0.2, -0.15) is 5.10 Å². The Morgan fingerprint density at radius 1 is 1.19 bits per heavy atom. The Labute approximate surface area is 181 Å². The Bertz CT molecular complexity index is 966. The molecule has 31 heavy (non-hydrogen) atoms. The number of benzene rings is 1. The van der Waals surface area contributed by atoms with Gasteiger partial charge < -0.3 is 9.84 Å². The summed E-state index contributed by atoms with van der Waals surface area (Å²) in [6.45, 7) is 15.6. The summed E-state index contributed by atoms with van der Waals surface area (Å²) in [7, 11) is 0. The second-order valence-corrected chi connectivity index (χ2v) is 8.73. The standard InChI is InChI=1S/C23H28N4O4/c1-12-6-8-16(9-7-12)20-25-21(27-26-20)17(18(24-5)22(28)29)23(30)31-19-14(3)10-13(2)11-15(19)4/h6-9,13-15,17-19H,10-11H2,1-4H3,(H,28,29)(H,25,26,27). The van der Waals surface area contributed by atoms with Gasteiger partial charge in [-0.15, -0.1) is 0 Å². The number of ether oxygens (including phenoxy) is 1. The highest BCUT2D eigenvalue weighted by Gasteiger charge is 2.46. The van der Waals surface area contributed by atoms with Crippen molar-refractivity contribution in [3.63, 3.8) is 0 Å². The molecule has 0 amide bonds. The van der Waals surface area contributed by atoms with Crippen LogP contribution in [0.25, 0.3) is 16.2 Å². The number of hydrogen-bond donors (Lipinski definition) is 2. The van der Waals surface area contributed by atoms with Gasteiger partial charge in [-0.25, -0.2) is 16.4 Å². The second kappa shape index (κ2) is 9.29. The molecule has 0 bridgehead atoms. The van der Waals surface area contributed by atoms with E-state index in [0.29, 0.717) is 11.7 Å². The molecule has 0 radical (unpaired) electrons. The van der Waals surface area contributed by atoms with Crippen LogP contribution < -0.4 is 0 Å². The van der Waals surface area contributed by atoms with Crippen molar-refractivity contribution in [1.29, 1.82) is 0 Å². The van der Waals surface area contributed by atoms with Crippen molar-refractivity contribution in [2.75, 3.05) is 0 Å². The van der Waals surface area contributed by atoms with Gasteiger partial charge in [0.1, 0.15) is 11.9 Å². The number of hydrogen-bond acceptors (Lipinski definition) is 5. The van der Waals surface area contributed by atoms with E-state index < -0.39 is 23.9 Å². The highest BCUT2D eigenvalue weighted by atomic mass is 16.5. The minimum absolute atomic E-state index is 0.0217. The van der Waals surface area contributed by atoms with Crippen LogP contribution in [0, 0.1) is 31.2 Å². The summed E-state index contributed by atoms with van der Waals surface area (Å²) < 4.78 is 5.81. The van der Waals surface area contributed by atoms with Crippen LogP contribution in [0.2, 0.25) is 0 Å². The topological polar surface area (TPSA) is 110 Å². The van der Waals surface area contributed by atoms with Crippen LogP contribution in [0.4, 0.5) is 0 Å². The molecule has 8 nitrogen and oxygen atoms in total. The molecule has 1 fully saturated rings. The number of H-pyrrole nitrogens is 1. The number of carboxylic acids is 1. The number of aromatic amines is 1. The minimum atomic E-state index is -1.65. The number of nitrogens with one attached hydrogen (secondary N) is 1. The van der Waals surface area contributed by atoms with E-state index in [0.717, 1.165) is 24.0 Å². The molecule has 3 rings (SSSR count). The molecule has 164 valence electrons. The molecular formula is C23H28N4O4. The van der Waals surface area contributed by atoms with E-state index in [4.69, 9.17) is 11.3 Å². The number of rotatable bonds is 6. The van der Waals surface area contributed by atoms with E-state index in [1.807, 2.05) is 45.0 Å². The van der Waals surface area contributed by atoms with E-state index in [2.05, 4.69) is 27.0 Å². The van der Waals surface area contributed by atoms with Crippen molar-refractivity contribution in [3.05, 3.63) is 47.1 Å². The second-order valence-electron chi connectivity index (χ2n) is 8.73. The fourth-order valence-corrected chi connectivity index (χ4v) is 4.54. The van der Waals surface area contributed by atoms with Gasteiger partial charge in [0.15, 0.2) is 5.82 Å². The van der Waals surface area contributed by atoms with Crippen molar-refractivity contribution in [3.8, 4) is 11.4 Å². The van der Waals surface area contributed by atoms with Gasteiger partial charge in [0.25, 0.3) is 0 Å². The molecule has 1 aromatic heterocycles. The minimum Gasteiger partial charge on any atom is -0.475 e. The van der Waals surface area contributed by atoms with E-state index in [-0.39, 0.29) is 23.8 Å². The third-order valence-electron chi connectivity index (χ3n) is 5.99. The lowest BCUT2D eigenvalue weighted by Gasteiger charge is -2.37. The van der Waals surface area contributed by atoms with Crippen LogP contribution in [-0.4, -0.2) is 44.4 Å². The summed E-state index contributed by atoms with van der Waals surface area (Å²) in [5, 5.41) is 16.4. The van der Waals surface area contributed by atoms with Gasteiger partial charge in [-0.1, -0.05) is 50.6 Å². The van der Waals surface area contributed by atoms with Crippen molar-refractivity contribution >= 4 is 11.9 Å². The molecule has 1 aromatic carbocycles. The summed E-state index contributed by atoms with van der Waals surface area (Å²) >= 11 is 0. The molecule has 4 unspecified atom stereocenters. The van der Waals surface area contributed by atoms with Crippen LogP contribution in [0.5, 0.6) is 0 Å². The maximum absolute atomic E-state index is 13.2. The number of carbonyl (C=O) groups is 2. The smallest absolute Gasteiger partial charge is 0.389 e. The highest BCUT2D eigenvalue weighted by Crippen LogP contribution is 2.36. The molecular weight excluding hydrogens is 396 g/mol. The van der Waals surface area contributed by atoms with Crippen LogP contribution in [-0.2, 0) is 14.3 Å². The number of aromatic nitrogens is 3. The molecule has 0 aliphatic heterocycles. The third kappa shape index (κ3) is 4.93. The Kier molecular flexibility index (Phi) is 6.74. The molecule has 1 heterocycles. The molecule has 0 saturated heterocycles. The monoisotopic (exact) mass is 424 g/mol. The molecule has 1 aliphatic carbocycles. The van der Waals surface area contributed by atoms with Crippen LogP contribution >= 0.6 is 0 Å². The van der Waals surface area contributed by atoms with Gasteiger partial charge in [0, 0.05) is 5.56 Å². The molecule has 2 aromatic rings. The predicted octanol–water partition coefficient (Wildman–Crippen LogP) is 3.85. The van der Waals surface area contributed by atoms with Crippen molar-refractivity contribution in [2.24, 2.45) is 17.8 Å². The van der Waals surface area contributed by atoms with E-state index in [1.54, 1.807) is 0 Å². The first-order chi connectivity index (χ1) is 14.7. The number of esters is 1. The normalized spacial score (nSPS) is 25.3. The zero-order valence-electron chi connectivity index (χ0n) is 18.2. The lowest BCUT2D eigenvalue weighted by atomic mass is 9.75. The molecule has 8 heteroatoms. The van der Waals surface area contributed by atoms with Gasteiger partial charge in [-0.05, 0) is 37.5 Å². The zero-order chi connectivity index (χ0) is 22.7. The summed E-state index contributed by atoms with van der Waals surface area (Å²) in [4.78, 5) is 32.4. The average Bonchev–Trinajstić information content (AvgIpc) is 3.18. The van der Waals surface area contributed by atoms with Gasteiger partial charge in [0.2, 0.25) is 5.92 Å². The SMILES string of the molecule is [C-]#[N+]C(C(=O)O)C(C(=O)OC1C(C)CC(C)CC1C)c1nc(-c2ccc(C)cc2)n[nH]1. The largest absolute Gasteiger partial charge is 0.475 e. The molecule has 1 aliphatic rings. The molecule has 4 atom stereocenters. The molecule has 2 N–H and O–H groups in total. The number of carbonyl (C=O) groups excluding carboxylic acids is 1. The van der Waals surface area contributed by atoms with E-state index in [9.17, 15) is 14.7 Å². The van der Waals surface area contributed by atoms with Gasteiger partial charge in [-0.3, -0.25) is 14.7 Å². The Morgan fingerprint density at radius 3 is 2.35 bits per heavy atom. The van der Waals surface area contributed by atoms with Crippen molar-refractivity contribution in [1.82, 2.24) is 15.2 Å².